The van der Waals surface area contributed by atoms with E-state index >= 15 is 0 Å². The first-order chi connectivity index (χ1) is 6.58. The minimum atomic E-state index is 0.322. The Labute approximate surface area is 98.8 Å². The van der Waals surface area contributed by atoms with Gasteiger partial charge in [0.2, 0.25) is 0 Å². The van der Waals surface area contributed by atoms with Crippen LogP contribution in [0, 0.1) is 5.92 Å². The van der Waals surface area contributed by atoms with Gasteiger partial charge in [0.1, 0.15) is 0 Å². The van der Waals surface area contributed by atoms with Crippen molar-refractivity contribution in [2.75, 3.05) is 0 Å². The molecule has 0 fully saturated rings. The molecule has 0 saturated heterocycles. The minimum Gasteiger partial charge on any atom is -0.327 e. The van der Waals surface area contributed by atoms with Gasteiger partial charge in [0.05, 0.1) is 0 Å². The smallest absolute Gasteiger partial charge is 0.0285 e. The maximum absolute atomic E-state index is 6.05. The summed E-state index contributed by atoms with van der Waals surface area (Å²) in [6.45, 7) is 4.49. The molecule has 0 aliphatic carbocycles. The molecule has 1 atom stereocenters. The van der Waals surface area contributed by atoms with Gasteiger partial charge in [-0.25, -0.2) is 0 Å². The molecule has 0 aliphatic heterocycles. The average molecular weight is 276 g/mol. The molecular weight excluding hydrogens is 258 g/mol. The van der Waals surface area contributed by atoms with Crippen LogP contribution in [0.3, 0.4) is 0 Å². The highest BCUT2D eigenvalue weighted by Crippen LogP contribution is 2.21. The second-order valence-corrected chi connectivity index (χ2v) is 6.08. The van der Waals surface area contributed by atoms with Crippen molar-refractivity contribution in [1.29, 1.82) is 0 Å². The van der Waals surface area contributed by atoms with E-state index in [1.807, 2.05) is 0 Å². The van der Waals surface area contributed by atoms with Crippen LogP contribution in [-0.4, -0.2) is 6.04 Å². The largest absolute Gasteiger partial charge is 0.327 e. The van der Waals surface area contributed by atoms with E-state index in [1.54, 1.807) is 11.3 Å². The van der Waals surface area contributed by atoms with Gasteiger partial charge in [-0.05, 0) is 47.2 Å². The highest BCUT2D eigenvalue weighted by atomic mass is 79.9. The molecule has 2 N–H and O–H groups in total. The van der Waals surface area contributed by atoms with Gasteiger partial charge in [-0.1, -0.05) is 13.8 Å². The van der Waals surface area contributed by atoms with Crippen LogP contribution in [0.1, 0.15) is 31.6 Å². The standard InChI is InChI=1S/C11H18BrNS/c1-8(2)3-4-10(13)6-11-5-9(12)7-14-11/h5,7-8,10H,3-4,6,13H2,1-2H3. The van der Waals surface area contributed by atoms with E-state index in [9.17, 15) is 0 Å². The maximum Gasteiger partial charge on any atom is 0.0285 e. The molecule has 80 valence electrons. The lowest BCUT2D eigenvalue weighted by Crippen LogP contribution is -2.22. The van der Waals surface area contributed by atoms with Gasteiger partial charge in [0.25, 0.3) is 0 Å². The van der Waals surface area contributed by atoms with Crippen LogP contribution < -0.4 is 5.73 Å². The van der Waals surface area contributed by atoms with Crippen molar-refractivity contribution in [2.24, 2.45) is 11.7 Å². The zero-order valence-electron chi connectivity index (χ0n) is 8.79. The summed E-state index contributed by atoms with van der Waals surface area (Å²) < 4.78 is 1.17. The third-order valence-electron chi connectivity index (χ3n) is 2.20. The van der Waals surface area contributed by atoms with Crippen molar-refractivity contribution < 1.29 is 0 Å². The number of nitrogens with two attached hydrogens (primary N) is 1. The molecule has 0 aromatic carbocycles. The minimum absolute atomic E-state index is 0.322. The van der Waals surface area contributed by atoms with Crippen molar-refractivity contribution in [3.63, 3.8) is 0 Å². The molecule has 0 bridgehead atoms. The highest BCUT2D eigenvalue weighted by Gasteiger charge is 2.06. The summed E-state index contributed by atoms with van der Waals surface area (Å²) in [5, 5.41) is 2.12. The molecule has 0 saturated carbocycles. The van der Waals surface area contributed by atoms with E-state index in [4.69, 9.17) is 5.73 Å². The second-order valence-electron chi connectivity index (χ2n) is 4.17. The zero-order chi connectivity index (χ0) is 10.6. The van der Waals surface area contributed by atoms with E-state index in [0.29, 0.717) is 6.04 Å². The third kappa shape index (κ3) is 4.58. The summed E-state index contributed by atoms with van der Waals surface area (Å²) in [4.78, 5) is 1.38. The first kappa shape index (κ1) is 12.2. The third-order valence-corrected chi connectivity index (χ3v) is 3.92. The summed E-state index contributed by atoms with van der Waals surface area (Å²) in [7, 11) is 0. The Morgan fingerprint density at radius 3 is 2.64 bits per heavy atom. The van der Waals surface area contributed by atoms with Gasteiger partial charge in [-0.15, -0.1) is 11.3 Å². The Morgan fingerprint density at radius 2 is 2.14 bits per heavy atom. The molecule has 0 spiro atoms. The molecule has 1 unspecified atom stereocenters. The van der Waals surface area contributed by atoms with E-state index in [0.717, 1.165) is 18.8 Å². The van der Waals surface area contributed by atoms with Crippen LogP contribution in [-0.2, 0) is 6.42 Å². The Balaban J connectivity index is 2.30. The van der Waals surface area contributed by atoms with Gasteiger partial charge in [-0.2, -0.15) is 0 Å². The zero-order valence-corrected chi connectivity index (χ0v) is 11.2. The first-order valence-corrected chi connectivity index (χ1v) is 6.73. The van der Waals surface area contributed by atoms with Crippen LogP contribution >= 0.6 is 27.3 Å². The Bertz CT molecular complexity index is 270. The predicted octanol–water partition coefficient (Wildman–Crippen LogP) is 3.82. The van der Waals surface area contributed by atoms with Crippen LogP contribution in [0.25, 0.3) is 0 Å². The van der Waals surface area contributed by atoms with Gasteiger partial charge < -0.3 is 5.73 Å². The van der Waals surface area contributed by atoms with E-state index in [-0.39, 0.29) is 0 Å². The summed E-state index contributed by atoms with van der Waals surface area (Å²) in [5.74, 6) is 0.760. The van der Waals surface area contributed by atoms with Crippen LogP contribution in [0.2, 0.25) is 0 Å². The molecule has 0 amide bonds. The molecule has 1 aromatic rings. The molecule has 1 rings (SSSR count). The lowest BCUT2D eigenvalue weighted by Gasteiger charge is -2.11. The van der Waals surface area contributed by atoms with Gasteiger partial charge in [-0.3, -0.25) is 0 Å². The highest BCUT2D eigenvalue weighted by molar-refractivity contribution is 9.10. The van der Waals surface area contributed by atoms with E-state index in [1.165, 1.54) is 15.8 Å². The monoisotopic (exact) mass is 275 g/mol. The fourth-order valence-electron chi connectivity index (χ4n) is 1.37. The Morgan fingerprint density at radius 1 is 1.43 bits per heavy atom. The van der Waals surface area contributed by atoms with Crippen molar-refractivity contribution in [2.45, 2.75) is 39.2 Å². The summed E-state index contributed by atoms with van der Waals surface area (Å²) >= 11 is 5.24. The quantitative estimate of drug-likeness (QED) is 0.869. The molecule has 0 aliphatic rings. The van der Waals surface area contributed by atoms with Crippen molar-refractivity contribution in [3.05, 3.63) is 20.8 Å². The lowest BCUT2D eigenvalue weighted by molar-refractivity contribution is 0.496. The average Bonchev–Trinajstić information content (AvgIpc) is 2.48. The molecule has 0 radical (unpaired) electrons. The molecule has 1 nitrogen and oxygen atoms in total. The topological polar surface area (TPSA) is 26.0 Å². The molecule has 1 heterocycles. The summed E-state index contributed by atoms with van der Waals surface area (Å²) in [5.41, 5.74) is 6.05. The molecule has 1 aromatic heterocycles. The fourth-order valence-corrected chi connectivity index (χ4v) is 2.91. The fraction of sp³-hybridized carbons (Fsp3) is 0.636. The lowest BCUT2D eigenvalue weighted by atomic mass is 10.0. The number of rotatable bonds is 5. The van der Waals surface area contributed by atoms with Gasteiger partial charge >= 0.3 is 0 Å². The van der Waals surface area contributed by atoms with Crippen molar-refractivity contribution in [1.82, 2.24) is 0 Å². The normalized spacial score (nSPS) is 13.5. The van der Waals surface area contributed by atoms with E-state index in [2.05, 4.69) is 41.2 Å². The van der Waals surface area contributed by atoms with Crippen molar-refractivity contribution >= 4 is 27.3 Å². The number of thiophene rings is 1. The Kier molecular flexibility index (Phi) is 5.13. The molecule has 3 heteroatoms. The number of hydrogen-bond acceptors (Lipinski definition) is 2. The SMILES string of the molecule is CC(C)CCC(N)Cc1cc(Br)cs1. The summed E-state index contributed by atoms with van der Waals surface area (Å²) in [6, 6.07) is 2.49. The first-order valence-electron chi connectivity index (χ1n) is 5.06. The van der Waals surface area contributed by atoms with Crippen molar-refractivity contribution in [3.8, 4) is 0 Å². The summed E-state index contributed by atoms with van der Waals surface area (Å²) in [6.07, 6.45) is 3.38. The number of halogens is 1. The Hall–Kier alpha value is 0.140. The van der Waals surface area contributed by atoms with Gasteiger partial charge in [0.15, 0.2) is 0 Å². The second kappa shape index (κ2) is 5.89. The molecule has 14 heavy (non-hydrogen) atoms. The maximum atomic E-state index is 6.05. The van der Waals surface area contributed by atoms with Crippen LogP contribution in [0.15, 0.2) is 15.9 Å². The molecular formula is C11H18BrNS. The van der Waals surface area contributed by atoms with E-state index < -0.39 is 0 Å². The van der Waals surface area contributed by atoms with Crippen LogP contribution in [0.5, 0.6) is 0 Å². The van der Waals surface area contributed by atoms with Crippen LogP contribution in [0.4, 0.5) is 0 Å². The number of hydrogen-bond donors (Lipinski definition) is 1. The predicted molar refractivity (Wildman–Crippen MR) is 67.8 cm³/mol. The van der Waals surface area contributed by atoms with Gasteiger partial charge in [0, 0.05) is 20.8 Å².